The Labute approximate surface area is 128 Å². The number of nitrogens with zero attached hydrogens (tertiary/aromatic N) is 1. The number of aliphatic imine (C=N–C) groups is 1. The van der Waals surface area contributed by atoms with Crippen LogP contribution in [0.15, 0.2) is 58.3 Å². The molecule has 0 unspecified atom stereocenters. The highest BCUT2D eigenvalue weighted by Crippen LogP contribution is 2.25. The topological polar surface area (TPSA) is 71.2 Å². The van der Waals surface area contributed by atoms with Gasteiger partial charge >= 0.3 is 0 Å². The van der Waals surface area contributed by atoms with Crippen molar-refractivity contribution in [2.24, 2.45) is 4.99 Å². The first kappa shape index (κ1) is 14.1. The van der Waals surface area contributed by atoms with Crippen LogP contribution >= 0.6 is 0 Å². The van der Waals surface area contributed by atoms with Gasteiger partial charge in [-0.25, -0.2) is 0 Å². The van der Waals surface area contributed by atoms with Crippen LogP contribution < -0.4 is 11.3 Å². The van der Waals surface area contributed by atoms with Crippen molar-refractivity contribution in [1.29, 1.82) is 0 Å². The molecule has 110 valence electrons. The Morgan fingerprint density at radius 3 is 2.73 bits per heavy atom. The van der Waals surface area contributed by atoms with E-state index in [1.165, 1.54) is 0 Å². The minimum atomic E-state index is -0.121. The van der Waals surface area contributed by atoms with E-state index in [0.717, 1.165) is 22.5 Å². The van der Waals surface area contributed by atoms with Crippen LogP contribution in [0.5, 0.6) is 0 Å². The molecule has 3 rings (SSSR count). The molecule has 0 saturated heterocycles. The number of aryl methyl sites for hydroxylation is 1. The van der Waals surface area contributed by atoms with Crippen molar-refractivity contribution in [2.75, 3.05) is 5.73 Å². The van der Waals surface area contributed by atoms with E-state index in [0.29, 0.717) is 17.0 Å². The Hall–Kier alpha value is -2.88. The van der Waals surface area contributed by atoms with Gasteiger partial charge in [0.05, 0.1) is 17.0 Å². The Morgan fingerprint density at radius 1 is 1.14 bits per heavy atom. The molecule has 0 radical (unpaired) electrons. The fourth-order valence-electron chi connectivity index (χ4n) is 2.52. The summed E-state index contributed by atoms with van der Waals surface area (Å²) < 4.78 is 0. The molecule has 0 amide bonds. The zero-order valence-corrected chi connectivity index (χ0v) is 12.6. The predicted octanol–water partition coefficient (Wildman–Crippen LogP) is 3.51. The maximum Gasteiger partial charge on any atom is 0.258 e. The number of hydrogen-bond donors (Lipinski definition) is 2. The SMILES string of the molecule is CC(=Nc1cc(N)ccc1C)c1c2cccccc-2[nH]c1=O. The molecule has 1 heterocycles. The van der Waals surface area contributed by atoms with Gasteiger partial charge in [-0.3, -0.25) is 9.79 Å². The maximum absolute atomic E-state index is 12.3. The van der Waals surface area contributed by atoms with Crippen LogP contribution in [0.3, 0.4) is 0 Å². The zero-order valence-electron chi connectivity index (χ0n) is 12.6. The number of nitrogen functional groups attached to an aromatic ring is 1. The molecule has 0 bridgehead atoms. The van der Waals surface area contributed by atoms with Crippen molar-refractivity contribution < 1.29 is 0 Å². The number of aromatic nitrogens is 1. The lowest BCUT2D eigenvalue weighted by molar-refractivity contribution is 1.31. The van der Waals surface area contributed by atoms with Gasteiger partial charge in [-0.05, 0) is 37.6 Å². The Kier molecular flexibility index (Phi) is 3.51. The van der Waals surface area contributed by atoms with E-state index in [-0.39, 0.29) is 5.56 Å². The summed E-state index contributed by atoms with van der Waals surface area (Å²) in [5, 5.41) is 0. The number of hydrogen-bond acceptors (Lipinski definition) is 3. The quantitative estimate of drug-likeness (QED) is 0.560. The summed E-state index contributed by atoms with van der Waals surface area (Å²) in [6.45, 7) is 3.82. The highest BCUT2D eigenvalue weighted by Gasteiger charge is 2.16. The average molecular weight is 291 g/mol. The van der Waals surface area contributed by atoms with Crippen LogP contribution in [-0.4, -0.2) is 10.7 Å². The molecule has 1 aliphatic carbocycles. The first-order valence-electron chi connectivity index (χ1n) is 7.09. The van der Waals surface area contributed by atoms with E-state index >= 15 is 0 Å². The molecule has 1 aromatic carbocycles. The molecule has 2 aliphatic rings. The van der Waals surface area contributed by atoms with Crippen LogP contribution in [0, 0.1) is 6.92 Å². The lowest BCUT2D eigenvalue weighted by atomic mass is 10.1. The molecule has 0 fully saturated rings. The van der Waals surface area contributed by atoms with Gasteiger partial charge in [0.15, 0.2) is 0 Å². The summed E-state index contributed by atoms with van der Waals surface area (Å²) in [5.41, 5.74) is 11.1. The van der Waals surface area contributed by atoms with Gasteiger partial charge in [-0.2, -0.15) is 0 Å². The second-order valence-electron chi connectivity index (χ2n) is 5.31. The Morgan fingerprint density at radius 2 is 1.91 bits per heavy atom. The maximum atomic E-state index is 12.3. The molecule has 3 N–H and O–H groups in total. The van der Waals surface area contributed by atoms with E-state index < -0.39 is 0 Å². The Balaban J connectivity index is 2.16. The van der Waals surface area contributed by atoms with Crippen molar-refractivity contribution in [3.63, 3.8) is 0 Å². The van der Waals surface area contributed by atoms with E-state index in [1.807, 2.05) is 62.4 Å². The van der Waals surface area contributed by atoms with Gasteiger partial charge in [0.1, 0.15) is 0 Å². The number of rotatable bonds is 2. The van der Waals surface area contributed by atoms with Crippen molar-refractivity contribution in [3.8, 4) is 11.3 Å². The first-order chi connectivity index (χ1) is 10.6. The van der Waals surface area contributed by atoms with Gasteiger partial charge in [0.2, 0.25) is 0 Å². The molecule has 0 aromatic heterocycles. The lowest BCUT2D eigenvalue weighted by Gasteiger charge is -2.04. The normalized spacial score (nSPS) is 11.8. The molecule has 0 atom stereocenters. The van der Waals surface area contributed by atoms with Crippen LogP contribution in [0.1, 0.15) is 18.1 Å². The molecule has 0 spiro atoms. The number of benzene rings is 1. The average Bonchev–Trinajstić information content (AvgIpc) is 2.64. The molecule has 1 aliphatic heterocycles. The van der Waals surface area contributed by atoms with Crippen molar-refractivity contribution in [1.82, 2.24) is 4.98 Å². The minimum Gasteiger partial charge on any atom is -0.399 e. The number of nitrogens with one attached hydrogen (secondary N) is 1. The van der Waals surface area contributed by atoms with E-state index in [4.69, 9.17) is 5.73 Å². The number of aromatic amines is 1. The van der Waals surface area contributed by atoms with E-state index in [2.05, 4.69) is 9.98 Å². The smallest absolute Gasteiger partial charge is 0.258 e. The summed E-state index contributed by atoms with van der Waals surface area (Å²) in [6.07, 6.45) is 0. The Bertz CT molecular complexity index is 893. The molecule has 1 aromatic rings. The van der Waals surface area contributed by atoms with E-state index in [9.17, 15) is 4.79 Å². The second kappa shape index (κ2) is 5.48. The van der Waals surface area contributed by atoms with Crippen LogP contribution in [0.4, 0.5) is 11.4 Å². The third-order valence-corrected chi connectivity index (χ3v) is 3.67. The molecule has 4 nitrogen and oxygen atoms in total. The van der Waals surface area contributed by atoms with Gasteiger partial charge in [0.25, 0.3) is 5.56 Å². The van der Waals surface area contributed by atoms with Crippen molar-refractivity contribution in [2.45, 2.75) is 13.8 Å². The number of fused-ring (bicyclic) bond motifs is 1. The van der Waals surface area contributed by atoms with Crippen LogP contribution in [0.2, 0.25) is 0 Å². The summed E-state index contributed by atoms with van der Waals surface area (Å²) in [4.78, 5) is 19.8. The van der Waals surface area contributed by atoms with Gasteiger partial charge < -0.3 is 10.7 Å². The predicted molar refractivity (Wildman–Crippen MR) is 91.1 cm³/mol. The van der Waals surface area contributed by atoms with Crippen molar-refractivity contribution >= 4 is 17.1 Å². The summed E-state index contributed by atoms with van der Waals surface area (Å²) in [7, 11) is 0. The third kappa shape index (κ3) is 2.51. The third-order valence-electron chi connectivity index (χ3n) is 3.67. The lowest BCUT2D eigenvalue weighted by Crippen LogP contribution is -2.10. The fourth-order valence-corrected chi connectivity index (χ4v) is 2.52. The molecule has 22 heavy (non-hydrogen) atoms. The monoisotopic (exact) mass is 291 g/mol. The highest BCUT2D eigenvalue weighted by molar-refractivity contribution is 6.05. The number of H-pyrrole nitrogens is 1. The molecular formula is C18H17N3O. The number of nitrogens with two attached hydrogens (primary N) is 1. The molecule has 4 heteroatoms. The van der Waals surface area contributed by atoms with Crippen LogP contribution in [0.25, 0.3) is 11.3 Å². The molecular weight excluding hydrogens is 274 g/mol. The molecule has 0 saturated carbocycles. The highest BCUT2D eigenvalue weighted by atomic mass is 16.1. The second-order valence-corrected chi connectivity index (χ2v) is 5.31. The zero-order chi connectivity index (χ0) is 15.7. The van der Waals surface area contributed by atoms with Gasteiger partial charge in [-0.1, -0.05) is 30.3 Å². The fraction of sp³-hybridized carbons (Fsp3) is 0.111. The summed E-state index contributed by atoms with van der Waals surface area (Å²) in [5.74, 6) is 0. The largest absolute Gasteiger partial charge is 0.399 e. The standard InChI is InChI=1S/C18H17N3O/c1-11-8-9-13(19)10-16(11)20-12(2)17-14-6-4-3-5-7-15(14)21-18(17)22/h3-10H,19H2,1-2H3,(H,21,22). The summed E-state index contributed by atoms with van der Waals surface area (Å²) in [6, 6.07) is 15.1. The number of anilines is 1. The van der Waals surface area contributed by atoms with E-state index in [1.54, 1.807) is 0 Å². The summed E-state index contributed by atoms with van der Waals surface area (Å²) >= 11 is 0. The van der Waals surface area contributed by atoms with Gasteiger partial charge in [0, 0.05) is 16.9 Å². The van der Waals surface area contributed by atoms with Gasteiger partial charge in [-0.15, -0.1) is 0 Å². The van der Waals surface area contributed by atoms with Crippen molar-refractivity contribution in [3.05, 3.63) is 70.0 Å². The first-order valence-corrected chi connectivity index (χ1v) is 7.09. The minimum absolute atomic E-state index is 0.121. The van der Waals surface area contributed by atoms with Crippen LogP contribution in [-0.2, 0) is 0 Å².